The van der Waals surface area contributed by atoms with E-state index in [-0.39, 0.29) is 6.04 Å². The van der Waals surface area contributed by atoms with Gasteiger partial charge in [0, 0.05) is 23.8 Å². The smallest absolute Gasteiger partial charge is 0.408 e. The highest BCUT2D eigenvalue weighted by atomic mass is 35.5. The summed E-state index contributed by atoms with van der Waals surface area (Å²) in [7, 11) is 0. The standard InChI is InChI=1S/C19H17ClN4O2S/c20-13-4-1-11(2-5-13)7-14(21)9-22-18-23-10-17(27-18)12-3-6-15-16(8-12)26-19(25)24-15/h1-6,8,10,14H,7,9,21H2,(H,22,23)(H,24,25). The van der Waals surface area contributed by atoms with Crippen molar-refractivity contribution in [2.75, 3.05) is 11.9 Å². The highest BCUT2D eigenvalue weighted by Gasteiger charge is 2.09. The van der Waals surface area contributed by atoms with Crippen molar-refractivity contribution >= 4 is 39.2 Å². The molecular weight excluding hydrogens is 384 g/mol. The minimum absolute atomic E-state index is 0.0380. The number of H-pyrrole nitrogens is 1. The third kappa shape index (κ3) is 4.21. The van der Waals surface area contributed by atoms with Gasteiger partial charge in [0.15, 0.2) is 10.7 Å². The summed E-state index contributed by atoms with van der Waals surface area (Å²) in [5, 5.41) is 4.80. The zero-order valence-corrected chi connectivity index (χ0v) is 15.8. The lowest BCUT2D eigenvalue weighted by Gasteiger charge is -2.12. The Morgan fingerprint density at radius 1 is 1.26 bits per heavy atom. The predicted molar refractivity (Wildman–Crippen MR) is 110 cm³/mol. The normalized spacial score (nSPS) is 12.4. The second-order valence-electron chi connectivity index (χ2n) is 6.23. The summed E-state index contributed by atoms with van der Waals surface area (Å²) < 4.78 is 5.11. The number of nitrogens with one attached hydrogen (secondary N) is 2. The van der Waals surface area contributed by atoms with E-state index in [1.807, 2.05) is 42.5 Å². The second-order valence-corrected chi connectivity index (χ2v) is 7.69. The molecule has 0 aliphatic heterocycles. The van der Waals surface area contributed by atoms with E-state index in [1.54, 1.807) is 6.20 Å². The average Bonchev–Trinajstić information content (AvgIpc) is 3.26. The van der Waals surface area contributed by atoms with Crippen LogP contribution in [0.2, 0.25) is 5.02 Å². The highest BCUT2D eigenvalue weighted by Crippen LogP contribution is 2.30. The molecule has 0 aliphatic rings. The van der Waals surface area contributed by atoms with E-state index >= 15 is 0 Å². The van der Waals surface area contributed by atoms with Crippen molar-refractivity contribution in [3.63, 3.8) is 0 Å². The molecule has 0 saturated heterocycles. The maximum absolute atomic E-state index is 11.3. The molecule has 2 heterocycles. The van der Waals surface area contributed by atoms with Gasteiger partial charge in [0.25, 0.3) is 0 Å². The van der Waals surface area contributed by atoms with Gasteiger partial charge in [-0.1, -0.05) is 41.1 Å². The summed E-state index contributed by atoms with van der Waals surface area (Å²) in [6.07, 6.45) is 2.55. The van der Waals surface area contributed by atoms with Crippen molar-refractivity contribution in [3.05, 3.63) is 69.8 Å². The number of anilines is 1. The van der Waals surface area contributed by atoms with Crippen LogP contribution in [0.15, 0.2) is 57.9 Å². The number of nitrogens with zero attached hydrogens (tertiary/aromatic N) is 1. The first-order valence-corrected chi connectivity index (χ1v) is 9.59. The molecule has 1 atom stereocenters. The molecule has 0 amide bonds. The minimum atomic E-state index is -0.455. The Morgan fingerprint density at radius 3 is 2.89 bits per heavy atom. The van der Waals surface area contributed by atoms with Crippen LogP contribution in [0.4, 0.5) is 5.13 Å². The Morgan fingerprint density at radius 2 is 2.07 bits per heavy atom. The Kier molecular flexibility index (Phi) is 4.98. The number of nitrogens with two attached hydrogens (primary N) is 1. The van der Waals surface area contributed by atoms with E-state index < -0.39 is 5.76 Å². The number of aromatic amines is 1. The Bertz CT molecular complexity index is 1120. The molecule has 0 aliphatic carbocycles. The second kappa shape index (κ2) is 7.56. The van der Waals surface area contributed by atoms with Crippen molar-refractivity contribution in [1.29, 1.82) is 0 Å². The van der Waals surface area contributed by atoms with Crippen LogP contribution in [-0.2, 0) is 6.42 Å². The quantitative estimate of drug-likeness (QED) is 0.456. The fourth-order valence-electron chi connectivity index (χ4n) is 2.80. The molecule has 0 fully saturated rings. The van der Waals surface area contributed by atoms with Gasteiger partial charge in [0.1, 0.15) is 0 Å². The summed E-state index contributed by atoms with van der Waals surface area (Å²) in [6.45, 7) is 0.612. The lowest BCUT2D eigenvalue weighted by atomic mass is 10.1. The molecule has 2 aromatic heterocycles. The predicted octanol–water partition coefficient (Wildman–Crippen LogP) is 3.88. The number of oxazole rings is 1. The van der Waals surface area contributed by atoms with Crippen LogP contribution in [0.5, 0.6) is 0 Å². The number of halogens is 1. The van der Waals surface area contributed by atoms with Gasteiger partial charge in [-0.05, 0) is 41.8 Å². The molecule has 4 aromatic rings. The van der Waals surface area contributed by atoms with Gasteiger partial charge in [-0.3, -0.25) is 4.98 Å². The Hall–Kier alpha value is -2.61. The first kappa shape index (κ1) is 17.8. The molecule has 27 heavy (non-hydrogen) atoms. The van der Waals surface area contributed by atoms with Gasteiger partial charge in [0.05, 0.1) is 10.4 Å². The number of fused-ring (bicyclic) bond motifs is 1. The van der Waals surface area contributed by atoms with Crippen LogP contribution >= 0.6 is 22.9 Å². The first-order chi connectivity index (χ1) is 13.1. The van der Waals surface area contributed by atoms with Crippen molar-refractivity contribution in [2.45, 2.75) is 12.5 Å². The fourth-order valence-corrected chi connectivity index (χ4v) is 3.75. The summed E-state index contributed by atoms with van der Waals surface area (Å²) in [5.41, 5.74) is 9.52. The maximum Gasteiger partial charge on any atom is 0.417 e. The lowest BCUT2D eigenvalue weighted by Crippen LogP contribution is -2.31. The Balaban J connectivity index is 1.39. The molecule has 138 valence electrons. The van der Waals surface area contributed by atoms with Gasteiger partial charge >= 0.3 is 5.76 Å². The number of aromatic nitrogens is 2. The van der Waals surface area contributed by atoms with Crippen LogP contribution in [0, 0.1) is 0 Å². The molecule has 1 unspecified atom stereocenters. The maximum atomic E-state index is 11.3. The fraction of sp³-hybridized carbons (Fsp3) is 0.158. The third-order valence-corrected chi connectivity index (χ3v) is 5.39. The van der Waals surface area contributed by atoms with Crippen LogP contribution in [0.1, 0.15) is 5.56 Å². The number of thiazole rings is 1. The van der Waals surface area contributed by atoms with Gasteiger partial charge < -0.3 is 15.5 Å². The van der Waals surface area contributed by atoms with E-state index in [2.05, 4.69) is 15.3 Å². The molecule has 4 rings (SSSR count). The monoisotopic (exact) mass is 400 g/mol. The van der Waals surface area contributed by atoms with Crippen molar-refractivity contribution in [3.8, 4) is 10.4 Å². The molecule has 0 spiro atoms. The summed E-state index contributed by atoms with van der Waals surface area (Å²) >= 11 is 7.43. The van der Waals surface area contributed by atoms with E-state index in [4.69, 9.17) is 21.8 Å². The Labute approximate surface area is 164 Å². The lowest BCUT2D eigenvalue weighted by molar-refractivity contribution is 0.555. The first-order valence-electron chi connectivity index (χ1n) is 8.40. The van der Waals surface area contributed by atoms with Crippen LogP contribution in [0.25, 0.3) is 21.5 Å². The van der Waals surface area contributed by atoms with E-state index in [9.17, 15) is 4.79 Å². The van der Waals surface area contributed by atoms with Crippen LogP contribution < -0.4 is 16.8 Å². The number of hydrogen-bond donors (Lipinski definition) is 3. The van der Waals surface area contributed by atoms with E-state index in [1.165, 1.54) is 11.3 Å². The van der Waals surface area contributed by atoms with Gasteiger partial charge in [-0.15, -0.1) is 0 Å². The molecule has 0 radical (unpaired) electrons. The highest BCUT2D eigenvalue weighted by molar-refractivity contribution is 7.18. The molecule has 4 N–H and O–H groups in total. The summed E-state index contributed by atoms with van der Waals surface area (Å²) in [4.78, 5) is 19.3. The third-order valence-electron chi connectivity index (χ3n) is 4.14. The van der Waals surface area contributed by atoms with Gasteiger partial charge in [-0.25, -0.2) is 9.78 Å². The molecular formula is C19H17ClN4O2S. The van der Waals surface area contributed by atoms with E-state index in [0.29, 0.717) is 17.6 Å². The molecule has 6 nitrogen and oxygen atoms in total. The van der Waals surface area contributed by atoms with Gasteiger partial charge in [-0.2, -0.15) is 0 Å². The molecule has 8 heteroatoms. The van der Waals surface area contributed by atoms with Crippen molar-refractivity contribution in [1.82, 2.24) is 9.97 Å². The summed E-state index contributed by atoms with van der Waals surface area (Å²) in [5.74, 6) is -0.455. The topological polar surface area (TPSA) is 96.9 Å². The SMILES string of the molecule is NC(CNc1ncc(-c2ccc3[nH]c(=O)oc3c2)s1)Cc1ccc(Cl)cc1. The van der Waals surface area contributed by atoms with Crippen molar-refractivity contribution < 1.29 is 4.42 Å². The minimum Gasteiger partial charge on any atom is -0.408 e. The largest absolute Gasteiger partial charge is 0.417 e. The number of rotatable bonds is 6. The molecule has 0 bridgehead atoms. The van der Waals surface area contributed by atoms with Gasteiger partial charge in [0.2, 0.25) is 0 Å². The summed E-state index contributed by atoms with van der Waals surface area (Å²) in [6, 6.07) is 13.3. The average molecular weight is 401 g/mol. The van der Waals surface area contributed by atoms with Crippen LogP contribution in [-0.4, -0.2) is 22.6 Å². The number of hydrogen-bond acceptors (Lipinski definition) is 6. The zero-order valence-electron chi connectivity index (χ0n) is 14.2. The van der Waals surface area contributed by atoms with Crippen molar-refractivity contribution in [2.24, 2.45) is 5.73 Å². The molecule has 2 aromatic carbocycles. The number of benzene rings is 2. The van der Waals surface area contributed by atoms with Crippen LogP contribution in [0.3, 0.4) is 0 Å². The molecule has 0 saturated carbocycles. The zero-order chi connectivity index (χ0) is 18.8. The van der Waals surface area contributed by atoms with E-state index in [0.717, 1.165) is 32.6 Å².